The summed E-state index contributed by atoms with van der Waals surface area (Å²) >= 11 is 0. The predicted molar refractivity (Wildman–Crippen MR) is 150 cm³/mol. The summed E-state index contributed by atoms with van der Waals surface area (Å²) < 4.78 is 6.52. The molecule has 4 rings (SSSR count). The van der Waals surface area contributed by atoms with Crippen molar-refractivity contribution in [2.24, 2.45) is 10.2 Å². The minimum atomic E-state index is -0.436. The Morgan fingerprint density at radius 1 is 0.892 bits per heavy atom. The third kappa shape index (κ3) is 5.92. The molecule has 0 atom stereocenters. The number of azo groups is 1. The molecule has 0 aliphatic rings. The van der Waals surface area contributed by atoms with E-state index in [2.05, 4.69) is 47.6 Å². The van der Waals surface area contributed by atoms with Crippen LogP contribution in [0.3, 0.4) is 0 Å². The Balaban J connectivity index is 0.00000380. The molecular formula is C29H33N5O3. The number of nitrogens with zero attached hydrogens (tertiary/aromatic N) is 3. The van der Waals surface area contributed by atoms with E-state index < -0.39 is 4.92 Å². The van der Waals surface area contributed by atoms with Crippen molar-refractivity contribution < 1.29 is 9.66 Å². The van der Waals surface area contributed by atoms with Gasteiger partial charge in [0, 0.05) is 35.8 Å². The number of nitro groups is 1. The smallest absolute Gasteiger partial charge is 0.269 e. The summed E-state index contributed by atoms with van der Waals surface area (Å²) in [5.74, 6) is 1.34. The van der Waals surface area contributed by atoms with Gasteiger partial charge in [-0.15, -0.1) is 5.11 Å². The number of fused-ring (bicyclic) bond motifs is 1. The maximum Gasteiger partial charge on any atom is 0.269 e. The minimum Gasteiger partial charge on any atom is -0.454 e. The Kier molecular flexibility index (Phi) is 8.92. The standard InChI is InChI=1S/C29H30N4O3.H3N/c1-5-20-11-16-26-25(24(20)6-2)9-8-10-27(26)36-28-18-22(30-7-3)17-19(4)29(28)32-31-21-12-14-23(15-13-21)33(34)35;/h8-18,30H,5-7H2,1-4H3;1H3. The van der Waals surface area contributed by atoms with Crippen molar-refractivity contribution in [1.29, 1.82) is 0 Å². The average molecular weight is 500 g/mol. The number of nitrogens with one attached hydrogen (secondary N) is 1. The van der Waals surface area contributed by atoms with Crippen LogP contribution in [0.2, 0.25) is 0 Å². The highest BCUT2D eigenvalue weighted by Gasteiger charge is 2.14. The lowest BCUT2D eigenvalue weighted by Crippen LogP contribution is -1.98. The zero-order valence-electron chi connectivity index (χ0n) is 21.7. The number of anilines is 1. The quantitative estimate of drug-likeness (QED) is 0.135. The molecule has 4 aromatic rings. The van der Waals surface area contributed by atoms with Crippen molar-refractivity contribution in [3.63, 3.8) is 0 Å². The van der Waals surface area contributed by atoms with Crippen LogP contribution in [0.1, 0.15) is 37.5 Å². The maximum absolute atomic E-state index is 10.9. The summed E-state index contributed by atoms with van der Waals surface area (Å²) in [5.41, 5.74) is 5.66. The summed E-state index contributed by atoms with van der Waals surface area (Å²) in [6.45, 7) is 9.14. The Morgan fingerprint density at radius 2 is 1.65 bits per heavy atom. The first-order valence-corrected chi connectivity index (χ1v) is 12.2. The molecule has 0 amide bonds. The minimum absolute atomic E-state index is 0. The van der Waals surface area contributed by atoms with Crippen molar-refractivity contribution in [2.45, 2.75) is 40.5 Å². The molecule has 8 nitrogen and oxygen atoms in total. The fourth-order valence-corrected chi connectivity index (χ4v) is 4.40. The molecule has 0 unspecified atom stereocenters. The highest BCUT2D eigenvalue weighted by Crippen LogP contribution is 2.41. The lowest BCUT2D eigenvalue weighted by Gasteiger charge is -2.16. The second-order valence-corrected chi connectivity index (χ2v) is 8.51. The van der Waals surface area contributed by atoms with Crippen molar-refractivity contribution >= 4 is 33.5 Å². The second-order valence-electron chi connectivity index (χ2n) is 8.51. The van der Waals surface area contributed by atoms with E-state index in [0.29, 0.717) is 17.1 Å². The molecule has 0 aliphatic carbocycles. The van der Waals surface area contributed by atoms with Crippen LogP contribution in [0, 0.1) is 17.0 Å². The topological polar surface area (TPSA) is 124 Å². The number of aryl methyl sites for hydroxylation is 3. The van der Waals surface area contributed by atoms with Crippen LogP contribution in [0.15, 0.2) is 77.0 Å². The first-order chi connectivity index (χ1) is 17.4. The van der Waals surface area contributed by atoms with Gasteiger partial charge in [0.2, 0.25) is 0 Å². The van der Waals surface area contributed by atoms with Crippen LogP contribution in [0.25, 0.3) is 10.8 Å². The van der Waals surface area contributed by atoms with Crippen LogP contribution in [-0.4, -0.2) is 11.5 Å². The Hall–Kier alpha value is -4.30. The molecular weight excluding hydrogens is 466 g/mol. The number of nitro benzene ring substituents is 1. The lowest BCUT2D eigenvalue weighted by atomic mass is 9.95. The number of benzene rings is 4. The van der Waals surface area contributed by atoms with E-state index >= 15 is 0 Å². The summed E-state index contributed by atoms with van der Waals surface area (Å²) in [5, 5.41) is 25.4. The Bertz CT molecular complexity index is 1430. The Labute approximate surface area is 217 Å². The molecule has 4 N–H and O–H groups in total. The van der Waals surface area contributed by atoms with Gasteiger partial charge in [-0.2, -0.15) is 5.11 Å². The zero-order valence-corrected chi connectivity index (χ0v) is 21.7. The molecule has 8 heteroatoms. The van der Waals surface area contributed by atoms with E-state index in [0.717, 1.165) is 41.8 Å². The number of hydrogen-bond donors (Lipinski definition) is 2. The number of hydrogen-bond acceptors (Lipinski definition) is 7. The van der Waals surface area contributed by atoms with Gasteiger partial charge in [0.15, 0.2) is 5.75 Å². The van der Waals surface area contributed by atoms with Crippen molar-refractivity contribution in [1.82, 2.24) is 6.15 Å². The summed E-state index contributed by atoms with van der Waals surface area (Å²) in [6.07, 6.45) is 1.94. The fraction of sp³-hybridized carbons (Fsp3) is 0.241. The van der Waals surface area contributed by atoms with Gasteiger partial charge in [0.25, 0.3) is 5.69 Å². The van der Waals surface area contributed by atoms with Gasteiger partial charge in [-0.1, -0.05) is 38.1 Å². The third-order valence-corrected chi connectivity index (χ3v) is 6.16. The van der Waals surface area contributed by atoms with Crippen LogP contribution in [0.4, 0.5) is 22.7 Å². The van der Waals surface area contributed by atoms with Gasteiger partial charge in [0.05, 0.1) is 10.6 Å². The maximum atomic E-state index is 10.9. The number of non-ortho nitro benzene ring substituents is 1. The highest BCUT2D eigenvalue weighted by atomic mass is 16.6. The van der Waals surface area contributed by atoms with Crippen molar-refractivity contribution in [2.75, 3.05) is 11.9 Å². The van der Waals surface area contributed by atoms with Crippen molar-refractivity contribution in [3.05, 3.63) is 93.5 Å². The van der Waals surface area contributed by atoms with Crippen LogP contribution in [0.5, 0.6) is 11.5 Å². The SMILES string of the molecule is CCNc1cc(C)c(N=Nc2ccc([N+](=O)[O-])cc2)c(Oc2cccc3c(CC)c(CC)ccc23)c1.N. The van der Waals surface area contributed by atoms with Gasteiger partial charge in [-0.05, 0) is 73.0 Å². The zero-order chi connectivity index (χ0) is 25.7. The van der Waals surface area contributed by atoms with E-state index in [9.17, 15) is 10.1 Å². The molecule has 0 aliphatic heterocycles. The Morgan fingerprint density at radius 3 is 2.30 bits per heavy atom. The van der Waals surface area contributed by atoms with E-state index in [1.54, 1.807) is 12.1 Å². The molecule has 4 aromatic carbocycles. The van der Waals surface area contributed by atoms with Gasteiger partial charge in [0.1, 0.15) is 11.4 Å². The van der Waals surface area contributed by atoms with E-state index in [-0.39, 0.29) is 11.8 Å². The first kappa shape index (κ1) is 27.3. The predicted octanol–water partition coefficient (Wildman–Crippen LogP) is 8.98. The largest absolute Gasteiger partial charge is 0.454 e. The average Bonchev–Trinajstić information content (AvgIpc) is 2.88. The number of rotatable bonds is 9. The fourth-order valence-electron chi connectivity index (χ4n) is 4.40. The summed E-state index contributed by atoms with van der Waals surface area (Å²) in [7, 11) is 0. The van der Waals surface area contributed by atoms with Crippen LogP contribution in [-0.2, 0) is 12.8 Å². The molecule has 0 bridgehead atoms. The molecule has 0 fully saturated rings. The van der Waals surface area contributed by atoms with E-state index in [4.69, 9.17) is 4.74 Å². The molecule has 0 saturated heterocycles. The molecule has 0 aromatic heterocycles. The highest BCUT2D eigenvalue weighted by molar-refractivity contribution is 5.92. The van der Waals surface area contributed by atoms with Crippen molar-refractivity contribution in [3.8, 4) is 11.5 Å². The number of ether oxygens (including phenoxy) is 1. The molecule has 0 spiro atoms. The van der Waals surface area contributed by atoms with Gasteiger partial charge in [-0.3, -0.25) is 10.1 Å². The summed E-state index contributed by atoms with van der Waals surface area (Å²) in [6, 6.07) is 20.4. The monoisotopic (exact) mass is 499 g/mol. The molecule has 37 heavy (non-hydrogen) atoms. The van der Waals surface area contributed by atoms with E-state index in [1.165, 1.54) is 28.6 Å². The third-order valence-electron chi connectivity index (χ3n) is 6.16. The molecule has 0 radical (unpaired) electrons. The first-order valence-electron chi connectivity index (χ1n) is 12.2. The van der Waals surface area contributed by atoms with Crippen LogP contribution < -0.4 is 16.2 Å². The van der Waals surface area contributed by atoms with Gasteiger partial charge < -0.3 is 16.2 Å². The van der Waals surface area contributed by atoms with Gasteiger partial charge in [-0.25, -0.2) is 0 Å². The summed E-state index contributed by atoms with van der Waals surface area (Å²) in [4.78, 5) is 10.5. The molecule has 192 valence electrons. The van der Waals surface area contributed by atoms with Crippen LogP contribution >= 0.6 is 0 Å². The molecule has 0 saturated carbocycles. The lowest BCUT2D eigenvalue weighted by molar-refractivity contribution is -0.384. The molecule has 0 heterocycles. The second kappa shape index (κ2) is 12.1. The van der Waals surface area contributed by atoms with Gasteiger partial charge >= 0.3 is 0 Å². The normalized spacial score (nSPS) is 10.9. The van der Waals surface area contributed by atoms with E-state index in [1.807, 2.05) is 38.1 Å².